The van der Waals surface area contributed by atoms with Crippen molar-refractivity contribution in [3.63, 3.8) is 0 Å². The van der Waals surface area contributed by atoms with Crippen LogP contribution in [0.25, 0.3) is 0 Å². The van der Waals surface area contributed by atoms with Gasteiger partial charge >= 0.3 is 0 Å². The van der Waals surface area contributed by atoms with Gasteiger partial charge in [-0.15, -0.1) is 0 Å². The van der Waals surface area contributed by atoms with Gasteiger partial charge in [0.15, 0.2) is 11.5 Å². The van der Waals surface area contributed by atoms with Crippen molar-refractivity contribution < 1.29 is 15.0 Å². The molecule has 1 amide bonds. The molecule has 0 bridgehead atoms. The topological polar surface area (TPSA) is 94.0 Å². The van der Waals surface area contributed by atoms with Crippen LogP contribution in [0.5, 0.6) is 11.5 Å². The third kappa shape index (κ3) is 4.76. The molecule has 0 aliphatic rings. The van der Waals surface area contributed by atoms with Crippen molar-refractivity contribution in [3.05, 3.63) is 53.1 Å². The Labute approximate surface area is 132 Å². The summed E-state index contributed by atoms with van der Waals surface area (Å²) in [5.74, 6) is -0.823. The quantitative estimate of drug-likeness (QED) is 0.386. The SMILES string of the molecule is O=C(C=Nc1ccc(Cl)cc1)NNCc1ccc(O)c(O)c1. The number of aromatic hydroxyl groups is 2. The van der Waals surface area contributed by atoms with Gasteiger partial charge in [0.25, 0.3) is 5.91 Å². The van der Waals surface area contributed by atoms with Crippen LogP contribution in [0.2, 0.25) is 5.02 Å². The zero-order valence-corrected chi connectivity index (χ0v) is 12.2. The fourth-order valence-corrected chi connectivity index (χ4v) is 1.73. The fraction of sp³-hybridized carbons (Fsp3) is 0.0667. The summed E-state index contributed by atoms with van der Waals surface area (Å²) in [4.78, 5) is 15.5. The summed E-state index contributed by atoms with van der Waals surface area (Å²) < 4.78 is 0. The molecule has 2 rings (SSSR count). The number of nitrogens with one attached hydrogen (secondary N) is 2. The highest BCUT2D eigenvalue weighted by Gasteiger charge is 2.01. The number of hydrogen-bond donors (Lipinski definition) is 4. The van der Waals surface area contributed by atoms with Crippen molar-refractivity contribution in [2.45, 2.75) is 6.54 Å². The molecule has 0 atom stereocenters. The fourth-order valence-electron chi connectivity index (χ4n) is 1.60. The van der Waals surface area contributed by atoms with E-state index in [1.165, 1.54) is 12.1 Å². The highest BCUT2D eigenvalue weighted by molar-refractivity contribution is 6.30. The van der Waals surface area contributed by atoms with E-state index in [1.54, 1.807) is 30.3 Å². The third-order valence-corrected chi connectivity index (χ3v) is 2.95. The number of halogens is 1. The van der Waals surface area contributed by atoms with Crippen LogP contribution in [-0.2, 0) is 11.3 Å². The van der Waals surface area contributed by atoms with Crippen molar-refractivity contribution in [2.24, 2.45) is 4.99 Å². The van der Waals surface area contributed by atoms with E-state index in [9.17, 15) is 15.0 Å². The van der Waals surface area contributed by atoms with Crippen LogP contribution in [0.3, 0.4) is 0 Å². The first kappa shape index (κ1) is 15.8. The summed E-state index contributed by atoms with van der Waals surface area (Å²) in [5, 5.41) is 19.1. The number of carbonyl (C=O) groups excluding carboxylic acids is 1. The van der Waals surface area contributed by atoms with Gasteiger partial charge in [-0.25, -0.2) is 5.43 Å². The van der Waals surface area contributed by atoms with Crippen LogP contribution in [0.15, 0.2) is 47.5 Å². The highest BCUT2D eigenvalue weighted by atomic mass is 35.5. The smallest absolute Gasteiger partial charge is 0.276 e. The first-order valence-electron chi connectivity index (χ1n) is 6.38. The van der Waals surface area contributed by atoms with Crippen LogP contribution >= 0.6 is 11.6 Å². The number of hydrazine groups is 1. The summed E-state index contributed by atoms with van der Waals surface area (Å²) in [6.07, 6.45) is 1.14. The van der Waals surface area contributed by atoms with Crippen LogP contribution in [-0.4, -0.2) is 22.3 Å². The molecule has 0 heterocycles. The highest BCUT2D eigenvalue weighted by Crippen LogP contribution is 2.24. The molecule has 0 fully saturated rings. The number of amides is 1. The van der Waals surface area contributed by atoms with Gasteiger partial charge in [-0.05, 0) is 42.0 Å². The normalized spacial score (nSPS) is 10.8. The number of phenols is 2. The molecule has 22 heavy (non-hydrogen) atoms. The van der Waals surface area contributed by atoms with E-state index in [1.807, 2.05) is 0 Å². The second-order valence-electron chi connectivity index (χ2n) is 4.40. The van der Waals surface area contributed by atoms with Crippen LogP contribution in [0.1, 0.15) is 5.56 Å². The Morgan fingerprint density at radius 1 is 1.14 bits per heavy atom. The van der Waals surface area contributed by atoms with E-state index in [-0.39, 0.29) is 18.0 Å². The summed E-state index contributed by atoms with van der Waals surface area (Å²) in [5.41, 5.74) is 6.44. The Kier molecular flexibility index (Phi) is 5.35. The molecular weight excluding hydrogens is 306 g/mol. The number of aliphatic imine (C=N–C) groups is 1. The van der Waals surface area contributed by atoms with E-state index >= 15 is 0 Å². The van der Waals surface area contributed by atoms with E-state index in [4.69, 9.17) is 11.6 Å². The van der Waals surface area contributed by atoms with Gasteiger partial charge in [0.05, 0.1) is 11.9 Å². The molecule has 0 aliphatic heterocycles. The van der Waals surface area contributed by atoms with E-state index in [0.717, 1.165) is 6.21 Å². The number of benzene rings is 2. The maximum atomic E-state index is 11.6. The monoisotopic (exact) mass is 319 g/mol. The standard InChI is InChI=1S/C15H14ClN3O3/c16-11-2-4-12(5-3-11)17-9-15(22)19-18-8-10-1-6-13(20)14(21)7-10/h1-7,9,18,20-21H,8H2,(H,19,22). The Bertz CT molecular complexity index is 687. The largest absolute Gasteiger partial charge is 0.504 e. The Hall–Kier alpha value is -2.57. The number of rotatable bonds is 5. The van der Waals surface area contributed by atoms with Gasteiger partial charge in [0.1, 0.15) is 0 Å². The molecule has 0 spiro atoms. The Morgan fingerprint density at radius 2 is 1.86 bits per heavy atom. The molecule has 2 aromatic carbocycles. The van der Waals surface area contributed by atoms with Gasteiger partial charge in [-0.2, -0.15) is 0 Å². The first-order valence-corrected chi connectivity index (χ1v) is 6.76. The molecule has 0 aliphatic carbocycles. The zero-order valence-electron chi connectivity index (χ0n) is 11.5. The zero-order chi connectivity index (χ0) is 15.9. The van der Waals surface area contributed by atoms with Crippen molar-refractivity contribution in [3.8, 4) is 11.5 Å². The molecule has 0 saturated carbocycles. The summed E-state index contributed by atoms with van der Waals surface area (Å²) >= 11 is 5.75. The lowest BCUT2D eigenvalue weighted by Gasteiger charge is -2.06. The molecule has 7 heteroatoms. The Balaban J connectivity index is 1.80. The minimum absolute atomic E-state index is 0.192. The Morgan fingerprint density at radius 3 is 2.55 bits per heavy atom. The van der Waals surface area contributed by atoms with Crippen LogP contribution < -0.4 is 10.9 Å². The summed E-state index contributed by atoms with van der Waals surface area (Å²) in [6, 6.07) is 11.1. The maximum absolute atomic E-state index is 11.6. The average Bonchev–Trinajstić information content (AvgIpc) is 2.50. The molecule has 0 saturated heterocycles. The molecule has 0 aromatic heterocycles. The van der Waals surface area contributed by atoms with Crippen molar-refractivity contribution in [1.82, 2.24) is 10.9 Å². The van der Waals surface area contributed by atoms with Gasteiger partial charge in [-0.1, -0.05) is 17.7 Å². The van der Waals surface area contributed by atoms with Gasteiger partial charge in [0.2, 0.25) is 0 Å². The second kappa shape index (κ2) is 7.44. The van der Waals surface area contributed by atoms with Crippen LogP contribution in [0, 0.1) is 0 Å². The third-order valence-electron chi connectivity index (χ3n) is 2.70. The number of nitrogens with zero attached hydrogens (tertiary/aromatic N) is 1. The number of phenolic OH excluding ortho intramolecular Hbond substituents is 2. The van der Waals surface area contributed by atoms with Gasteiger partial charge < -0.3 is 10.2 Å². The summed E-state index contributed by atoms with van der Waals surface area (Å²) in [6.45, 7) is 0.286. The van der Waals surface area contributed by atoms with E-state index in [2.05, 4.69) is 15.8 Å². The molecule has 114 valence electrons. The molecule has 0 radical (unpaired) electrons. The van der Waals surface area contributed by atoms with Gasteiger partial charge in [0, 0.05) is 11.6 Å². The molecule has 0 unspecified atom stereocenters. The predicted molar refractivity (Wildman–Crippen MR) is 84.4 cm³/mol. The van der Waals surface area contributed by atoms with Crippen molar-refractivity contribution >= 4 is 29.4 Å². The molecule has 6 nitrogen and oxygen atoms in total. The van der Waals surface area contributed by atoms with Gasteiger partial charge in [-0.3, -0.25) is 15.2 Å². The predicted octanol–water partition coefficient (Wildman–Crippen LogP) is 2.27. The van der Waals surface area contributed by atoms with Crippen molar-refractivity contribution in [1.29, 1.82) is 0 Å². The second-order valence-corrected chi connectivity index (χ2v) is 4.84. The summed E-state index contributed by atoms with van der Waals surface area (Å²) in [7, 11) is 0. The number of carbonyl (C=O) groups is 1. The van der Waals surface area contributed by atoms with Crippen LogP contribution in [0.4, 0.5) is 5.69 Å². The lowest BCUT2D eigenvalue weighted by Crippen LogP contribution is -2.37. The number of hydrogen-bond acceptors (Lipinski definition) is 5. The first-order chi connectivity index (χ1) is 10.5. The molecular formula is C15H14ClN3O3. The lowest BCUT2D eigenvalue weighted by atomic mass is 10.2. The molecule has 2 aromatic rings. The lowest BCUT2D eigenvalue weighted by molar-refractivity contribution is -0.115. The minimum atomic E-state index is -0.419. The minimum Gasteiger partial charge on any atom is -0.504 e. The molecule has 4 N–H and O–H groups in total. The van der Waals surface area contributed by atoms with E-state index < -0.39 is 5.91 Å². The maximum Gasteiger partial charge on any atom is 0.276 e. The van der Waals surface area contributed by atoms with E-state index in [0.29, 0.717) is 16.3 Å². The average molecular weight is 320 g/mol. The van der Waals surface area contributed by atoms with Crippen molar-refractivity contribution in [2.75, 3.05) is 0 Å².